The van der Waals surface area contributed by atoms with Gasteiger partial charge in [-0.1, -0.05) is 12.1 Å². The minimum absolute atomic E-state index is 0.0840. The van der Waals surface area contributed by atoms with Gasteiger partial charge in [0.05, 0.1) is 31.9 Å². The summed E-state index contributed by atoms with van der Waals surface area (Å²) in [6, 6.07) is 11.1. The highest BCUT2D eigenvalue weighted by atomic mass is 16.5. The van der Waals surface area contributed by atoms with Crippen molar-refractivity contribution in [2.45, 2.75) is 13.3 Å². The minimum atomic E-state index is -0.645. The molecule has 0 spiro atoms. The van der Waals surface area contributed by atoms with Crippen LogP contribution in [0.2, 0.25) is 0 Å². The lowest BCUT2D eigenvalue weighted by atomic mass is 10.1. The number of rotatable bonds is 8. The van der Waals surface area contributed by atoms with Crippen LogP contribution in [-0.2, 0) is 4.79 Å². The average Bonchev–Trinajstić information content (AvgIpc) is 2.71. The number of nitrogens with zero attached hydrogens (tertiary/aromatic N) is 1. The molecule has 4 N–H and O–H groups in total. The number of amides is 3. The average molecular weight is 398 g/mol. The second-order valence-electron chi connectivity index (χ2n) is 5.99. The van der Waals surface area contributed by atoms with E-state index in [0.29, 0.717) is 28.5 Å². The molecule has 0 atom stereocenters. The van der Waals surface area contributed by atoms with Gasteiger partial charge in [0, 0.05) is 11.3 Å². The van der Waals surface area contributed by atoms with Gasteiger partial charge in [-0.05, 0) is 37.3 Å². The van der Waals surface area contributed by atoms with E-state index in [4.69, 9.17) is 15.2 Å². The Balaban J connectivity index is 1.99. The number of nitrogens with two attached hydrogens (primary N) is 1. The molecule has 0 heterocycles. The van der Waals surface area contributed by atoms with Gasteiger partial charge in [0.1, 0.15) is 0 Å². The van der Waals surface area contributed by atoms with Crippen molar-refractivity contribution in [2.75, 3.05) is 19.5 Å². The highest BCUT2D eigenvalue weighted by Gasteiger charge is 2.13. The Bertz CT molecular complexity index is 956. The fourth-order valence-electron chi connectivity index (χ4n) is 2.46. The van der Waals surface area contributed by atoms with Crippen LogP contribution in [0.1, 0.15) is 34.1 Å². The SMILES string of the molecule is COc1ccc(C(=O)N/N=C(/C)CC(=O)Nc2ccccc2C(N)=O)cc1OC. The summed E-state index contributed by atoms with van der Waals surface area (Å²) in [5, 5.41) is 6.54. The zero-order valence-corrected chi connectivity index (χ0v) is 16.3. The number of hydrogen-bond acceptors (Lipinski definition) is 6. The van der Waals surface area contributed by atoms with Crippen LogP contribution in [0.3, 0.4) is 0 Å². The van der Waals surface area contributed by atoms with Crippen LogP contribution in [0.25, 0.3) is 0 Å². The van der Waals surface area contributed by atoms with Crippen molar-refractivity contribution < 1.29 is 23.9 Å². The number of para-hydroxylation sites is 1. The van der Waals surface area contributed by atoms with E-state index in [9.17, 15) is 14.4 Å². The molecule has 2 aromatic carbocycles. The van der Waals surface area contributed by atoms with Crippen LogP contribution in [0, 0.1) is 0 Å². The molecule has 2 aromatic rings. The van der Waals surface area contributed by atoms with Crippen LogP contribution in [0.4, 0.5) is 5.69 Å². The summed E-state index contributed by atoms with van der Waals surface area (Å²) in [4.78, 5) is 35.8. The van der Waals surface area contributed by atoms with Gasteiger partial charge in [-0.25, -0.2) is 5.43 Å². The quantitative estimate of drug-likeness (QED) is 0.462. The van der Waals surface area contributed by atoms with Crippen molar-refractivity contribution in [3.05, 3.63) is 53.6 Å². The van der Waals surface area contributed by atoms with E-state index in [1.54, 1.807) is 37.3 Å². The molecule has 0 unspecified atom stereocenters. The van der Waals surface area contributed by atoms with Gasteiger partial charge in [0.2, 0.25) is 5.91 Å². The fraction of sp³-hybridized carbons (Fsp3) is 0.200. The highest BCUT2D eigenvalue weighted by molar-refractivity contribution is 6.09. The molecule has 0 saturated heterocycles. The number of methoxy groups -OCH3 is 2. The molecule has 3 amide bonds. The van der Waals surface area contributed by atoms with Crippen molar-refractivity contribution in [3.63, 3.8) is 0 Å². The van der Waals surface area contributed by atoms with Gasteiger partial charge in [0.15, 0.2) is 11.5 Å². The minimum Gasteiger partial charge on any atom is -0.493 e. The van der Waals surface area contributed by atoms with Crippen LogP contribution >= 0.6 is 0 Å². The Kier molecular flexibility index (Phi) is 7.30. The number of benzene rings is 2. The van der Waals surface area contributed by atoms with Gasteiger partial charge >= 0.3 is 0 Å². The molecule has 0 aliphatic heterocycles. The number of nitrogens with one attached hydrogen (secondary N) is 2. The number of carbonyl (C=O) groups is 3. The molecule has 0 bridgehead atoms. The number of anilines is 1. The predicted molar refractivity (Wildman–Crippen MR) is 108 cm³/mol. The predicted octanol–water partition coefficient (Wildman–Crippen LogP) is 1.94. The zero-order chi connectivity index (χ0) is 21.4. The molecule has 152 valence electrons. The van der Waals surface area contributed by atoms with Gasteiger partial charge < -0.3 is 20.5 Å². The standard InChI is InChI=1S/C20H22N4O5/c1-12(10-18(25)22-15-7-5-4-6-14(15)19(21)26)23-24-20(27)13-8-9-16(28-2)17(11-13)29-3/h4-9,11H,10H2,1-3H3,(H2,21,26)(H,22,25)(H,24,27)/b23-12-. The molecule has 0 saturated carbocycles. The first-order valence-electron chi connectivity index (χ1n) is 8.60. The highest BCUT2D eigenvalue weighted by Crippen LogP contribution is 2.27. The number of primary amides is 1. The third-order valence-corrected chi connectivity index (χ3v) is 3.88. The largest absolute Gasteiger partial charge is 0.493 e. The lowest BCUT2D eigenvalue weighted by Crippen LogP contribution is -2.22. The monoisotopic (exact) mass is 398 g/mol. The normalized spacial score (nSPS) is 10.8. The van der Waals surface area contributed by atoms with Gasteiger partial charge in [0.25, 0.3) is 11.8 Å². The molecule has 0 radical (unpaired) electrons. The van der Waals surface area contributed by atoms with E-state index in [1.807, 2.05) is 0 Å². The van der Waals surface area contributed by atoms with Crippen molar-refractivity contribution in [1.29, 1.82) is 0 Å². The maximum absolute atomic E-state index is 12.2. The van der Waals surface area contributed by atoms with Gasteiger partial charge in [-0.15, -0.1) is 0 Å². The molecule has 0 aliphatic carbocycles. The Morgan fingerprint density at radius 2 is 1.72 bits per heavy atom. The van der Waals surface area contributed by atoms with Crippen LogP contribution < -0.4 is 25.9 Å². The Morgan fingerprint density at radius 3 is 2.38 bits per heavy atom. The van der Waals surface area contributed by atoms with E-state index in [0.717, 1.165) is 0 Å². The second kappa shape index (κ2) is 9.88. The Morgan fingerprint density at radius 1 is 1.03 bits per heavy atom. The maximum Gasteiger partial charge on any atom is 0.271 e. The van der Waals surface area contributed by atoms with E-state index in [1.165, 1.54) is 26.4 Å². The lowest BCUT2D eigenvalue weighted by Gasteiger charge is -2.09. The molecule has 9 nitrogen and oxygen atoms in total. The maximum atomic E-state index is 12.2. The molecular formula is C20H22N4O5. The van der Waals surface area contributed by atoms with Crippen molar-refractivity contribution in [1.82, 2.24) is 5.43 Å². The summed E-state index contributed by atoms with van der Waals surface area (Å²) >= 11 is 0. The number of hydrogen-bond donors (Lipinski definition) is 3. The Labute approximate surface area is 167 Å². The summed E-state index contributed by atoms with van der Waals surface area (Å²) in [5.41, 5.74) is 8.88. The smallest absolute Gasteiger partial charge is 0.271 e. The van der Waals surface area contributed by atoms with E-state index < -0.39 is 17.7 Å². The third kappa shape index (κ3) is 5.80. The van der Waals surface area contributed by atoms with Gasteiger partial charge in [-0.2, -0.15) is 5.10 Å². The van der Waals surface area contributed by atoms with Crippen molar-refractivity contribution in [3.8, 4) is 11.5 Å². The molecule has 0 aliphatic rings. The number of carbonyl (C=O) groups excluding carboxylic acids is 3. The van der Waals surface area contributed by atoms with Crippen LogP contribution in [0.5, 0.6) is 11.5 Å². The summed E-state index contributed by atoms with van der Waals surface area (Å²) < 4.78 is 10.3. The molecular weight excluding hydrogens is 376 g/mol. The molecule has 2 rings (SSSR count). The van der Waals surface area contributed by atoms with Crippen molar-refractivity contribution >= 4 is 29.1 Å². The topological polar surface area (TPSA) is 132 Å². The summed E-state index contributed by atoms with van der Waals surface area (Å²) in [5.74, 6) is -0.608. The first-order valence-corrected chi connectivity index (χ1v) is 8.60. The second-order valence-corrected chi connectivity index (χ2v) is 5.99. The molecule has 9 heteroatoms. The molecule has 0 fully saturated rings. The first kappa shape index (κ1) is 21.4. The van der Waals surface area contributed by atoms with E-state index in [2.05, 4.69) is 15.8 Å². The van der Waals surface area contributed by atoms with E-state index >= 15 is 0 Å². The number of hydrazone groups is 1. The van der Waals surface area contributed by atoms with E-state index in [-0.39, 0.29) is 12.0 Å². The van der Waals surface area contributed by atoms with Gasteiger partial charge in [-0.3, -0.25) is 14.4 Å². The third-order valence-electron chi connectivity index (χ3n) is 3.88. The molecule has 29 heavy (non-hydrogen) atoms. The zero-order valence-electron chi connectivity index (χ0n) is 16.3. The van der Waals surface area contributed by atoms with Crippen LogP contribution in [0.15, 0.2) is 47.6 Å². The number of ether oxygens (including phenoxy) is 2. The summed E-state index contributed by atoms with van der Waals surface area (Å²) in [7, 11) is 2.97. The Hall–Kier alpha value is -3.88. The summed E-state index contributed by atoms with van der Waals surface area (Å²) in [6.45, 7) is 1.59. The first-order chi connectivity index (χ1) is 13.8. The summed E-state index contributed by atoms with van der Waals surface area (Å²) in [6.07, 6.45) is -0.0840. The van der Waals surface area contributed by atoms with Crippen molar-refractivity contribution in [2.24, 2.45) is 10.8 Å². The van der Waals surface area contributed by atoms with Crippen LogP contribution in [-0.4, -0.2) is 37.7 Å². The molecule has 0 aromatic heterocycles. The lowest BCUT2D eigenvalue weighted by molar-refractivity contribution is -0.115. The fourth-order valence-corrected chi connectivity index (χ4v) is 2.46.